The molecule has 0 unspecified atom stereocenters. The quantitative estimate of drug-likeness (QED) is 0.486. The molecule has 100 valence electrons. The first kappa shape index (κ1) is 13.5. The second kappa shape index (κ2) is 6.29. The van der Waals surface area contributed by atoms with Crippen molar-refractivity contribution < 1.29 is 9.53 Å². The highest BCUT2D eigenvalue weighted by Crippen LogP contribution is 2.23. The van der Waals surface area contributed by atoms with Gasteiger partial charge in [-0.2, -0.15) is 0 Å². The van der Waals surface area contributed by atoms with Crippen LogP contribution in [0, 0.1) is 6.92 Å². The summed E-state index contributed by atoms with van der Waals surface area (Å²) in [5.74, 6) is 4.93. The molecule has 1 saturated heterocycles. The number of amides is 1. The maximum atomic E-state index is 11.5. The molecule has 1 fully saturated rings. The molecular formula is C12H19N3O2S. The molecule has 0 aliphatic carbocycles. The third-order valence-electron chi connectivity index (χ3n) is 3.08. The summed E-state index contributed by atoms with van der Waals surface area (Å²) in [5.41, 5.74) is 3.38. The average molecular weight is 269 g/mol. The van der Waals surface area contributed by atoms with Gasteiger partial charge in [0.25, 0.3) is 5.91 Å². The molecule has 1 aromatic heterocycles. The predicted molar refractivity (Wildman–Crippen MR) is 71.4 cm³/mol. The molecule has 18 heavy (non-hydrogen) atoms. The Balaban J connectivity index is 2.03. The summed E-state index contributed by atoms with van der Waals surface area (Å²) < 4.78 is 5.43. The summed E-state index contributed by atoms with van der Waals surface area (Å²) in [6, 6.07) is 1.94. The molecular weight excluding hydrogens is 250 g/mol. The van der Waals surface area contributed by atoms with Crippen molar-refractivity contribution in [1.29, 1.82) is 0 Å². The van der Waals surface area contributed by atoms with E-state index in [4.69, 9.17) is 10.6 Å². The fourth-order valence-corrected chi connectivity index (χ4v) is 2.99. The van der Waals surface area contributed by atoms with E-state index in [9.17, 15) is 4.79 Å². The van der Waals surface area contributed by atoms with E-state index in [2.05, 4.69) is 10.3 Å². The fraction of sp³-hybridized carbons (Fsp3) is 0.583. The number of thiophene rings is 1. The largest absolute Gasteiger partial charge is 0.380 e. The molecule has 0 radical (unpaired) electrons. The van der Waals surface area contributed by atoms with E-state index < -0.39 is 0 Å². The monoisotopic (exact) mass is 269 g/mol. The summed E-state index contributed by atoms with van der Waals surface area (Å²) in [5, 5.41) is 0. The molecule has 0 bridgehead atoms. The molecule has 0 saturated carbocycles. The minimum Gasteiger partial charge on any atom is -0.380 e. The summed E-state index contributed by atoms with van der Waals surface area (Å²) in [6.45, 7) is 6.56. The molecule has 0 aromatic carbocycles. The van der Waals surface area contributed by atoms with Crippen molar-refractivity contribution in [2.45, 2.75) is 19.9 Å². The number of aryl methyl sites for hydroxylation is 1. The Hall–Kier alpha value is -0.950. The van der Waals surface area contributed by atoms with Crippen molar-refractivity contribution in [1.82, 2.24) is 10.3 Å². The SMILES string of the molecule is Cc1sc(C(=O)NN)cc1CN1CCCOCC1. The lowest BCUT2D eigenvalue weighted by Gasteiger charge is -2.18. The van der Waals surface area contributed by atoms with E-state index in [1.54, 1.807) is 0 Å². The van der Waals surface area contributed by atoms with E-state index in [0.717, 1.165) is 39.3 Å². The average Bonchev–Trinajstić information content (AvgIpc) is 2.58. The van der Waals surface area contributed by atoms with Crippen LogP contribution in [0.4, 0.5) is 0 Å². The zero-order valence-corrected chi connectivity index (χ0v) is 11.4. The number of hydrogen-bond donors (Lipinski definition) is 2. The van der Waals surface area contributed by atoms with Crippen molar-refractivity contribution in [2.24, 2.45) is 5.84 Å². The zero-order valence-electron chi connectivity index (χ0n) is 10.6. The number of rotatable bonds is 3. The van der Waals surface area contributed by atoms with Crippen LogP contribution in [-0.2, 0) is 11.3 Å². The first-order valence-electron chi connectivity index (χ1n) is 6.11. The number of hydrogen-bond acceptors (Lipinski definition) is 5. The summed E-state index contributed by atoms with van der Waals surface area (Å²) in [6.07, 6.45) is 1.07. The smallest absolute Gasteiger partial charge is 0.275 e. The van der Waals surface area contributed by atoms with Gasteiger partial charge in [0.2, 0.25) is 0 Å². The molecule has 1 aromatic rings. The topological polar surface area (TPSA) is 67.6 Å². The third kappa shape index (κ3) is 3.29. The Labute approximate surface area is 111 Å². The standard InChI is InChI=1S/C12H19N3O2S/c1-9-10(7-11(18-9)12(16)14-13)8-15-3-2-5-17-6-4-15/h7H,2-6,8,13H2,1H3,(H,14,16). The Kier molecular flexibility index (Phi) is 4.71. The fourth-order valence-electron chi connectivity index (χ4n) is 2.06. The predicted octanol–water partition coefficient (Wildman–Crippen LogP) is 0.882. The van der Waals surface area contributed by atoms with E-state index in [1.165, 1.54) is 21.8 Å². The van der Waals surface area contributed by atoms with Crippen LogP contribution in [-0.4, -0.2) is 37.1 Å². The highest BCUT2D eigenvalue weighted by Gasteiger charge is 2.15. The number of carbonyl (C=O) groups excluding carboxylic acids is 1. The van der Waals surface area contributed by atoms with Crippen LogP contribution < -0.4 is 11.3 Å². The second-order valence-corrected chi connectivity index (χ2v) is 5.66. The van der Waals surface area contributed by atoms with Gasteiger partial charge in [-0.05, 0) is 25.0 Å². The van der Waals surface area contributed by atoms with Crippen LogP contribution in [0.1, 0.15) is 26.5 Å². The van der Waals surface area contributed by atoms with E-state index in [1.807, 2.05) is 13.0 Å². The van der Waals surface area contributed by atoms with E-state index in [-0.39, 0.29) is 5.91 Å². The van der Waals surface area contributed by atoms with Crippen LogP contribution in [0.2, 0.25) is 0 Å². The normalized spacial score (nSPS) is 17.4. The highest BCUT2D eigenvalue weighted by molar-refractivity contribution is 7.14. The minimum atomic E-state index is -0.214. The third-order valence-corrected chi connectivity index (χ3v) is 4.18. The summed E-state index contributed by atoms with van der Waals surface area (Å²) in [7, 11) is 0. The highest BCUT2D eigenvalue weighted by atomic mass is 32.1. The maximum absolute atomic E-state index is 11.5. The van der Waals surface area contributed by atoms with Gasteiger partial charge in [0.05, 0.1) is 11.5 Å². The number of nitrogens with zero attached hydrogens (tertiary/aromatic N) is 1. The molecule has 0 spiro atoms. The molecule has 3 N–H and O–H groups in total. The van der Waals surface area contributed by atoms with Gasteiger partial charge in [0.1, 0.15) is 0 Å². The van der Waals surface area contributed by atoms with E-state index in [0.29, 0.717) is 4.88 Å². The van der Waals surface area contributed by atoms with Gasteiger partial charge < -0.3 is 4.74 Å². The van der Waals surface area contributed by atoms with Crippen molar-refractivity contribution >= 4 is 17.2 Å². The molecule has 2 heterocycles. The van der Waals surface area contributed by atoms with Crippen LogP contribution in [0.25, 0.3) is 0 Å². The molecule has 1 aliphatic heterocycles. The van der Waals surface area contributed by atoms with Crippen molar-refractivity contribution in [3.05, 3.63) is 21.4 Å². The number of carbonyl (C=O) groups is 1. The van der Waals surface area contributed by atoms with Crippen molar-refractivity contribution in [3.63, 3.8) is 0 Å². The molecule has 1 amide bonds. The van der Waals surface area contributed by atoms with Gasteiger partial charge in [0, 0.05) is 31.1 Å². The maximum Gasteiger partial charge on any atom is 0.275 e. The molecule has 6 heteroatoms. The van der Waals surface area contributed by atoms with Crippen LogP contribution in [0.15, 0.2) is 6.07 Å². The second-order valence-electron chi connectivity index (χ2n) is 4.41. The molecule has 2 rings (SSSR count). The lowest BCUT2D eigenvalue weighted by molar-refractivity contribution is 0.0957. The van der Waals surface area contributed by atoms with Crippen LogP contribution in [0.5, 0.6) is 0 Å². The van der Waals surface area contributed by atoms with Crippen LogP contribution in [0.3, 0.4) is 0 Å². The number of hydrazine groups is 1. The molecule has 5 nitrogen and oxygen atoms in total. The first-order valence-corrected chi connectivity index (χ1v) is 6.92. The number of ether oxygens (including phenoxy) is 1. The zero-order chi connectivity index (χ0) is 13.0. The van der Waals surface area contributed by atoms with Gasteiger partial charge in [-0.3, -0.25) is 15.1 Å². The Bertz CT molecular complexity index is 411. The lowest BCUT2D eigenvalue weighted by Crippen LogP contribution is -2.29. The Morgan fingerprint density at radius 2 is 2.39 bits per heavy atom. The number of nitrogens with one attached hydrogen (secondary N) is 1. The van der Waals surface area contributed by atoms with Gasteiger partial charge in [-0.15, -0.1) is 11.3 Å². The van der Waals surface area contributed by atoms with Gasteiger partial charge in [-0.1, -0.05) is 0 Å². The number of nitrogen functional groups attached to an aromatic ring is 1. The molecule has 1 aliphatic rings. The lowest BCUT2D eigenvalue weighted by atomic mass is 10.2. The Morgan fingerprint density at radius 1 is 1.56 bits per heavy atom. The summed E-state index contributed by atoms with van der Waals surface area (Å²) in [4.78, 5) is 15.7. The first-order chi connectivity index (χ1) is 8.70. The van der Waals surface area contributed by atoms with Gasteiger partial charge >= 0.3 is 0 Å². The minimum absolute atomic E-state index is 0.214. The molecule has 0 atom stereocenters. The van der Waals surface area contributed by atoms with Crippen molar-refractivity contribution in [3.8, 4) is 0 Å². The number of nitrogens with two attached hydrogens (primary N) is 1. The summed E-state index contributed by atoms with van der Waals surface area (Å²) >= 11 is 1.49. The van der Waals surface area contributed by atoms with Crippen LogP contribution >= 0.6 is 11.3 Å². The van der Waals surface area contributed by atoms with E-state index >= 15 is 0 Å². The Morgan fingerprint density at radius 3 is 3.17 bits per heavy atom. The van der Waals surface area contributed by atoms with Gasteiger partial charge in [-0.25, -0.2) is 5.84 Å². The van der Waals surface area contributed by atoms with Gasteiger partial charge in [0.15, 0.2) is 0 Å². The van der Waals surface area contributed by atoms with Crippen molar-refractivity contribution in [2.75, 3.05) is 26.3 Å².